The van der Waals surface area contributed by atoms with Gasteiger partial charge in [0.05, 0.1) is 6.54 Å². The van der Waals surface area contributed by atoms with E-state index in [0.717, 1.165) is 18.4 Å². The summed E-state index contributed by atoms with van der Waals surface area (Å²) in [5.74, 6) is -0.794. The summed E-state index contributed by atoms with van der Waals surface area (Å²) >= 11 is 5.87. The Kier molecular flexibility index (Phi) is 5.34. The van der Waals surface area contributed by atoms with E-state index >= 15 is 0 Å². The maximum atomic E-state index is 13.0. The number of nitrogens with zero attached hydrogens (tertiary/aromatic N) is 1. The molecule has 4 nitrogen and oxygen atoms in total. The highest BCUT2D eigenvalue weighted by Crippen LogP contribution is 2.28. The normalized spacial score (nSPS) is 13.4. The fourth-order valence-electron chi connectivity index (χ4n) is 2.58. The van der Waals surface area contributed by atoms with Crippen molar-refractivity contribution in [2.45, 2.75) is 25.4 Å². The fraction of sp³-hybridized carbons (Fsp3) is 0.263. The summed E-state index contributed by atoms with van der Waals surface area (Å²) in [5.41, 5.74) is 1.28. The molecule has 1 aliphatic rings. The van der Waals surface area contributed by atoms with Crippen molar-refractivity contribution in [3.8, 4) is 0 Å². The van der Waals surface area contributed by atoms with Gasteiger partial charge in [-0.3, -0.25) is 9.59 Å². The quantitative estimate of drug-likeness (QED) is 0.858. The van der Waals surface area contributed by atoms with Crippen molar-refractivity contribution in [3.05, 3.63) is 70.5 Å². The van der Waals surface area contributed by atoms with Crippen LogP contribution in [0.1, 0.15) is 28.8 Å². The highest BCUT2D eigenvalue weighted by atomic mass is 35.5. The van der Waals surface area contributed by atoms with Crippen LogP contribution in [0.3, 0.4) is 0 Å². The van der Waals surface area contributed by atoms with Gasteiger partial charge < -0.3 is 10.2 Å². The maximum Gasteiger partial charge on any atom is 0.251 e. The van der Waals surface area contributed by atoms with Crippen molar-refractivity contribution in [1.29, 1.82) is 0 Å². The molecule has 0 saturated heterocycles. The Morgan fingerprint density at radius 3 is 2.52 bits per heavy atom. The molecule has 0 atom stereocenters. The van der Waals surface area contributed by atoms with Gasteiger partial charge in [0.1, 0.15) is 5.82 Å². The molecule has 1 N–H and O–H groups in total. The number of rotatable bonds is 6. The number of hydrogen-bond acceptors (Lipinski definition) is 2. The summed E-state index contributed by atoms with van der Waals surface area (Å²) in [6, 6.07) is 12.9. The van der Waals surface area contributed by atoms with E-state index in [4.69, 9.17) is 11.6 Å². The summed E-state index contributed by atoms with van der Waals surface area (Å²) in [6.45, 7) is 0.333. The van der Waals surface area contributed by atoms with E-state index in [1.54, 1.807) is 41.3 Å². The Morgan fingerprint density at radius 1 is 1.16 bits per heavy atom. The molecule has 0 spiro atoms. The molecule has 25 heavy (non-hydrogen) atoms. The van der Waals surface area contributed by atoms with Crippen LogP contribution < -0.4 is 5.32 Å². The van der Waals surface area contributed by atoms with Crippen LogP contribution >= 0.6 is 11.6 Å². The minimum absolute atomic E-state index is 0.0803. The number of carbonyl (C=O) groups excluding carboxylic acids is 2. The SMILES string of the molecule is O=C(NCC(=O)N(Cc1ccc(F)cc1)C1CC1)c1cccc(Cl)c1. The molecular weight excluding hydrogens is 343 g/mol. The van der Waals surface area contributed by atoms with Crippen LogP contribution in [0.25, 0.3) is 0 Å². The molecular formula is C19H18ClFN2O2. The van der Waals surface area contributed by atoms with Crippen LogP contribution in [0, 0.1) is 5.82 Å². The molecule has 130 valence electrons. The molecule has 0 heterocycles. The van der Waals surface area contributed by atoms with Gasteiger partial charge in [0.2, 0.25) is 5.91 Å². The van der Waals surface area contributed by atoms with Gasteiger partial charge in [-0.2, -0.15) is 0 Å². The zero-order chi connectivity index (χ0) is 17.8. The van der Waals surface area contributed by atoms with Crippen molar-refractivity contribution >= 4 is 23.4 Å². The minimum Gasteiger partial charge on any atom is -0.343 e. The Balaban J connectivity index is 1.59. The third-order valence-electron chi connectivity index (χ3n) is 4.06. The molecule has 0 bridgehead atoms. The predicted octanol–water partition coefficient (Wildman–Crippen LogP) is 3.40. The van der Waals surface area contributed by atoms with Crippen LogP contribution in [-0.2, 0) is 11.3 Å². The second-order valence-electron chi connectivity index (χ2n) is 6.07. The Hall–Kier alpha value is -2.40. The summed E-state index contributed by atoms with van der Waals surface area (Å²) in [5, 5.41) is 3.10. The number of hydrogen-bond donors (Lipinski definition) is 1. The predicted molar refractivity (Wildman–Crippen MR) is 93.8 cm³/mol. The van der Waals surface area contributed by atoms with Gasteiger partial charge in [0, 0.05) is 23.2 Å². The van der Waals surface area contributed by atoms with E-state index in [2.05, 4.69) is 5.32 Å². The number of nitrogens with one attached hydrogen (secondary N) is 1. The molecule has 2 aromatic rings. The molecule has 0 radical (unpaired) electrons. The average Bonchev–Trinajstić information content (AvgIpc) is 3.43. The minimum atomic E-state index is -0.339. The first kappa shape index (κ1) is 17.4. The molecule has 2 amide bonds. The largest absolute Gasteiger partial charge is 0.343 e. The van der Waals surface area contributed by atoms with Gasteiger partial charge in [-0.05, 0) is 48.7 Å². The summed E-state index contributed by atoms with van der Waals surface area (Å²) in [7, 11) is 0. The molecule has 1 aliphatic carbocycles. The molecule has 2 aromatic carbocycles. The highest BCUT2D eigenvalue weighted by Gasteiger charge is 2.32. The van der Waals surface area contributed by atoms with E-state index < -0.39 is 0 Å². The van der Waals surface area contributed by atoms with E-state index in [-0.39, 0.29) is 30.2 Å². The smallest absolute Gasteiger partial charge is 0.251 e. The van der Waals surface area contributed by atoms with Crippen LogP contribution in [0.15, 0.2) is 48.5 Å². The van der Waals surface area contributed by atoms with Crippen LogP contribution in [0.2, 0.25) is 5.02 Å². The van der Waals surface area contributed by atoms with Gasteiger partial charge >= 0.3 is 0 Å². The molecule has 0 unspecified atom stereocenters. The molecule has 6 heteroatoms. The van der Waals surface area contributed by atoms with Gasteiger partial charge in [-0.15, -0.1) is 0 Å². The van der Waals surface area contributed by atoms with E-state index in [1.165, 1.54) is 12.1 Å². The Morgan fingerprint density at radius 2 is 1.88 bits per heavy atom. The number of carbonyl (C=O) groups is 2. The molecule has 0 aliphatic heterocycles. The van der Waals surface area contributed by atoms with Crippen LogP contribution in [0.5, 0.6) is 0 Å². The molecule has 3 rings (SSSR count). The number of halogens is 2. The van der Waals surface area contributed by atoms with Crippen molar-refractivity contribution in [2.75, 3.05) is 6.54 Å². The van der Waals surface area contributed by atoms with E-state index in [1.807, 2.05) is 0 Å². The first-order chi connectivity index (χ1) is 12.0. The average molecular weight is 361 g/mol. The van der Waals surface area contributed by atoms with Crippen molar-refractivity contribution in [1.82, 2.24) is 10.2 Å². The summed E-state index contributed by atoms with van der Waals surface area (Å²) < 4.78 is 13.0. The highest BCUT2D eigenvalue weighted by molar-refractivity contribution is 6.30. The standard InChI is InChI=1S/C19H18ClFN2O2/c20-15-3-1-2-14(10-15)19(25)22-11-18(24)23(17-8-9-17)12-13-4-6-16(21)7-5-13/h1-7,10,17H,8-9,11-12H2,(H,22,25). The van der Waals surface area contributed by atoms with E-state index in [9.17, 15) is 14.0 Å². The summed E-state index contributed by atoms with van der Waals surface area (Å²) in [6.07, 6.45) is 1.91. The second kappa shape index (κ2) is 7.66. The van der Waals surface area contributed by atoms with Crippen molar-refractivity contribution in [2.24, 2.45) is 0 Å². The van der Waals surface area contributed by atoms with Crippen LogP contribution in [-0.4, -0.2) is 29.3 Å². The Bertz CT molecular complexity index is 775. The van der Waals surface area contributed by atoms with Crippen molar-refractivity contribution < 1.29 is 14.0 Å². The topological polar surface area (TPSA) is 49.4 Å². The van der Waals surface area contributed by atoms with E-state index in [0.29, 0.717) is 17.1 Å². The lowest BCUT2D eigenvalue weighted by Crippen LogP contribution is -2.41. The molecule has 0 aromatic heterocycles. The third kappa shape index (κ3) is 4.79. The lowest BCUT2D eigenvalue weighted by atomic mass is 10.2. The van der Waals surface area contributed by atoms with Gasteiger partial charge in [0.15, 0.2) is 0 Å². The number of amides is 2. The lowest BCUT2D eigenvalue weighted by molar-refractivity contribution is -0.131. The zero-order valence-corrected chi connectivity index (χ0v) is 14.3. The third-order valence-corrected chi connectivity index (χ3v) is 4.30. The monoisotopic (exact) mass is 360 g/mol. The summed E-state index contributed by atoms with van der Waals surface area (Å²) in [4.78, 5) is 26.4. The fourth-order valence-corrected chi connectivity index (χ4v) is 2.77. The molecule has 1 saturated carbocycles. The zero-order valence-electron chi connectivity index (χ0n) is 13.5. The van der Waals surface area contributed by atoms with Gasteiger partial charge in [-0.1, -0.05) is 29.8 Å². The first-order valence-electron chi connectivity index (χ1n) is 8.10. The lowest BCUT2D eigenvalue weighted by Gasteiger charge is -2.23. The van der Waals surface area contributed by atoms with Gasteiger partial charge in [0.25, 0.3) is 5.91 Å². The number of benzene rings is 2. The molecule has 1 fully saturated rings. The van der Waals surface area contributed by atoms with Crippen LogP contribution in [0.4, 0.5) is 4.39 Å². The first-order valence-corrected chi connectivity index (χ1v) is 8.48. The maximum absolute atomic E-state index is 13.0. The van der Waals surface area contributed by atoms with Gasteiger partial charge in [-0.25, -0.2) is 4.39 Å². The Labute approximate surface area is 150 Å². The van der Waals surface area contributed by atoms with Crippen molar-refractivity contribution in [3.63, 3.8) is 0 Å². The second-order valence-corrected chi connectivity index (χ2v) is 6.51.